The molecule has 0 amide bonds. The van der Waals surface area contributed by atoms with E-state index in [9.17, 15) is 8.42 Å². The summed E-state index contributed by atoms with van der Waals surface area (Å²) in [5.74, 6) is 0.241. The van der Waals surface area contributed by atoms with Gasteiger partial charge >= 0.3 is 0 Å². The number of hydrogen-bond acceptors (Lipinski definition) is 4. The minimum absolute atomic E-state index is 0.00525. The van der Waals surface area contributed by atoms with Crippen molar-refractivity contribution >= 4 is 26.0 Å². The first kappa shape index (κ1) is 15.0. The van der Waals surface area contributed by atoms with Gasteiger partial charge in [-0.25, -0.2) is 8.42 Å². The van der Waals surface area contributed by atoms with Gasteiger partial charge < -0.3 is 9.52 Å². The molecule has 0 saturated carbocycles. The zero-order valence-corrected chi connectivity index (χ0v) is 13.4. The lowest BCUT2D eigenvalue weighted by molar-refractivity contribution is 0.245. The van der Waals surface area contributed by atoms with Gasteiger partial charge in [-0.3, -0.25) is 0 Å². The van der Waals surface area contributed by atoms with Crippen LogP contribution in [0.15, 0.2) is 20.0 Å². The van der Waals surface area contributed by atoms with Crippen LogP contribution in [-0.2, 0) is 16.6 Å². The summed E-state index contributed by atoms with van der Waals surface area (Å²) in [5.41, 5.74) is 0. The molecule has 0 bridgehead atoms. The molecule has 2 atom stereocenters. The van der Waals surface area contributed by atoms with Crippen molar-refractivity contribution in [2.24, 2.45) is 0 Å². The Bertz CT molecular complexity index is 554. The number of hydrogen-bond donors (Lipinski definition) is 1. The Morgan fingerprint density at radius 3 is 2.74 bits per heavy atom. The number of nitrogens with zero attached hydrogens (tertiary/aromatic N) is 1. The van der Waals surface area contributed by atoms with Crippen LogP contribution < -0.4 is 0 Å². The molecule has 19 heavy (non-hydrogen) atoms. The molecule has 1 aromatic rings. The van der Waals surface area contributed by atoms with Crippen molar-refractivity contribution in [2.45, 2.75) is 56.7 Å². The van der Waals surface area contributed by atoms with E-state index in [1.54, 1.807) is 4.31 Å². The summed E-state index contributed by atoms with van der Waals surface area (Å²) in [6.07, 6.45) is 2.56. The predicted octanol–water partition coefficient (Wildman–Crippen LogP) is 2.49. The van der Waals surface area contributed by atoms with E-state index in [1.165, 1.54) is 6.07 Å². The first-order chi connectivity index (χ1) is 8.91. The van der Waals surface area contributed by atoms with E-state index in [2.05, 4.69) is 15.9 Å². The van der Waals surface area contributed by atoms with E-state index in [4.69, 9.17) is 9.52 Å². The van der Waals surface area contributed by atoms with Gasteiger partial charge in [0.1, 0.15) is 17.3 Å². The van der Waals surface area contributed by atoms with Crippen molar-refractivity contribution < 1.29 is 17.9 Å². The summed E-state index contributed by atoms with van der Waals surface area (Å²) in [4.78, 5) is 0.101. The molecule has 0 radical (unpaired) electrons. The molecule has 2 unspecified atom stereocenters. The first-order valence-corrected chi connectivity index (χ1v) is 8.57. The maximum atomic E-state index is 12.7. The topological polar surface area (TPSA) is 70.8 Å². The van der Waals surface area contributed by atoms with Gasteiger partial charge in [-0.15, -0.1) is 0 Å². The number of rotatable bonds is 4. The van der Waals surface area contributed by atoms with Gasteiger partial charge in [-0.1, -0.05) is 6.92 Å². The van der Waals surface area contributed by atoms with Crippen molar-refractivity contribution in [3.05, 3.63) is 16.5 Å². The highest BCUT2D eigenvalue weighted by Crippen LogP contribution is 2.36. The van der Waals surface area contributed by atoms with Gasteiger partial charge in [0, 0.05) is 18.2 Å². The normalized spacial score (nSPS) is 25.1. The molecule has 0 aromatic carbocycles. The summed E-state index contributed by atoms with van der Waals surface area (Å²) < 4.78 is 32.3. The van der Waals surface area contributed by atoms with Crippen LogP contribution in [0.3, 0.4) is 0 Å². The molecule has 108 valence electrons. The Morgan fingerprint density at radius 1 is 1.53 bits per heavy atom. The molecule has 1 N–H and O–H groups in total. The Balaban J connectivity index is 2.43. The monoisotopic (exact) mass is 351 g/mol. The summed E-state index contributed by atoms with van der Waals surface area (Å²) in [6, 6.07) is 1.42. The minimum atomic E-state index is -3.59. The second-order valence-corrected chi connectivity index (χ2v) is 7.36. The average molecular weight is 352 g/mol. The van der Waals surface area contributed by atoms with Crippen LogP contribution in [0.5, 0.6) is 0 Å². The molecule has 0 aliphatic carbocycles. The number of aliphatic hydroxyl groups is 1. The molecule has 1 saturated heterocycles. The van der Waals surface area contributed by atoms with E-state index in [-0.39, 0.29) is 34.0 Å². The van der Waals surface area contributed by atoms with Crippen LogP contribution >= 0.6 is 15.9 Å². The first-order valence-electron chi connectivity index (χ1n) is 6.34. The summed E-state index contributed by atoms with van der Waals surface area (Å²) in [5, 5.41) is 9.03. The van der Waals surface area contributed by atoms with Crippen molar-refractivity contribution in [1.29, 1.82) is 0 Å². The molecule has 7 heteroatoms. The number of halogens is 1. The zero-order valence-electron chi connectivity index (χ0n) is 11.0. The molecule has 1 aromatic heterocycles. The van der Waals surface area contributed by atoms with E-state index >= 15 is 0 Å². The van der Waals surface area contributed by atoms with E-state index in [1.807, 2.05) is 13.8 Å². The second kappa shape index (κ2) is 5.55. The van der Waals surface area contributed by atoms with Gasteiger partial charge in [0.2, 0.25) is 10.0 Å². The van der Waals surface area contributed by atoms with Gasteiger partial charge in [-0.2, -0.15) is 4.31 Å². The predicted molar refractivity (Wildman–Crippen MR) is 74.1 cm³/mol. The number of sulfonamides is 1. The fourth-order valence-corrected chi connectivity index (χ4v) is 5.54. The molecule has 2 heterocycles. The highest BCUT2D eigenvalue weighted by molar-refractivity contribution is 9.10. The highest BCUT2D eigenvalue weighted by Gasteiger charge is 2.40. The van der Waals surface area contributed by atoms with Crippen molar-refractivity contribution in [3.8, 4) is 0 Å². The lowest BCUT2D eigenvalue weighted by atomic mass is 10.2. The maximum Gasteiger partial charge on any atom is 0.247 e. The minimum Gasteiger partial charge on any atom is -0.450 e. The molecule has 1 aliphatic heterocycles. The number of aliphatic hydroxyl groups excluding tert-OH is 1. The lowest BCUT2D eigenvalue weighted by Gasteiger charge is -2.26. The summed E-state index contributed by atoms with van der Waals surface area (Å²) in [6.45, 7) is 3.60. The van der Waals surface area contributed by atoms with Crippen LogP contribution in [-0.4, -0.2) is 29.9 Å². The van der Waals surface area contributed by atoms with Crippen LogP contribution in [0.25, 0.3) is 0 Å². The van der Waals surface area contributed by atoms with Crippen molar-refractivity contribution in [2.75, 3.05) is 0 Å². The Hall–Kier alpha value is -0.370. The van der Waals surface area contributed by atoms with Crippen molar-refractivity contribution in [1.82, 2.24) is 4.31 Å². The molecular formula is C12H18BrNO4S. The van der Waals surface area contributed by atoms with Crippen LogP contribution in [0.1, 0.15) is 38.9 Å². The smallest absolute Gasteiger partial charge is 0.247 e. The molecule has 5 nitrogen and oxygen atoms in total. The molecule has 1 aliphatic rings. The third-order valence-corrected chi connectivity index (χ3v) is 6.52. The zero-order chi connectivity index (χ0) is 14.2. The van der Waals surface area contributed by atoms with E-state index in [0.29, 0.717) is 0 Å². The molecule has 2 rings (SSSR count). The third kappa shape index (κ3) is 2.61. The molecule has 1 fully saturated rings. The standard InChI is InChI=1S/C12H18BrNO4S/c1-3-9-5-4-8(2)14(9)19(16,17)11-6-10(7-15)18-12(11)13/h6,8-9,15H,3-5,7H2,1-2H3. The van der Waals surface area contributed by atoms with Gasteiger partial charge in [0.05, 0.1) is 0 Å². The van der Waals surface area contributed by atoms with Crippen LogP contribution in [0.2, 0.25) is 0 Å². The van der Waals surface area contributed by atoms with Gasteiger partial charge in [0.15, 0.2) is 4.67 Å². The number of furan rings is 1. The SMILES string of the molecule is CCC1CCC(C)N1S(=O)(=O)c1cc(CO)oc1Br. The van der Waals surface area contributed by atoms with Crippen LogP contribution in [0.4, 0.5) is 0 Å². The summed E-state index contributed by atoms with van der Waals surface area (Å²) in [7, 11) is -3.59. The molecule has 0 spiro atoms. The highest BCUT2D eigenvalue weighted by atomic mass is 79.9. The Morgan fingerprint density at radius 2 is 2.21 bits per heavy atom. The largest absolute Gasteiger partial charge is 0.450 e. The second-order valence-electron chi connectivity index (χ2n) is 4.83. The molecular weight excluding hydrogens is 334 g/mol. The van der Waals surface area contributed by atoms with Gasteiger partial charge in [0.25, 0.3) is 0 Å². The fraction of sp³-hybridized carbons (Fsp3) is 0.667. The Labute approximate surface area is 121 Å². The van der Waals surface area contributed by atoms with Crippen molar-refractivity contribution in [3.63, 3.8) is 0 Å². The lowest BCUT2D eigenvalue weighted by Crippen LogP contribution is -2.39. The van der Waals surface area contributed by atoms with E-state index in [0.717, 1.165) is 19.3 Å². The third-order valence-electron chi connectivity index (χ3n) is 3.60. The van der Waals surface area contributed by atoms with E-state index < -0.39 is 10.0 Å². The summed E-state index contributed by atoms with van der Waals surface area (Å²) >= 11 is 3.12. The quantitative estimate of drug-likeness (QED) is 0.904. The van der Waals surface area contributed by atoms with Gasteiger partial charge in [-0.05, 0) is 42.1 Å². The average Bonchev–Trinajstić information content (AvgIpc) is 2.92. The van der Waals surface area contributed by atoms with Crippen LogP contribution in [0, 0.1) is 0 Å². The fourth-order valence-electron chi connectivity index (χ4n) is 2.63. The maximum absolute atomic E-state index is 12.7. The Kier molecular flexibility index (Phi) is 4.39.